The highest BCUT2D eigenvalue weighted by Gasteiger charge is 2.15. The molecule has 1 N–H and O–H groups in total. The summed E-state index contributed by atoms with van der Waals surface area (Å²) in [6.07, 6.45) is 1.41. The molecule has 2 aromatic rings. The van der Waals surface area contributed by atoms with Gasteiger partial charge in [-0.2, -0.15) is 5.26 Å². The van der Waals surface area contributed by atoms with Crippen molar-refractivity contribution >= 4 is 17.5 Å². The van der Waals surface area contributed by atoms with Gasteiger partial charge in [0.1, 0.15) is 5.69 Å². The minimum atomic E-state index is -0.529. The number of pyridine rings is 1. The molecular weight excluding hydrogens is 308 g/mol. The van der Waals surface area contributed by atoms with Gasteiger partial charge in [0.25, 0.3) is 17.4 Å². The fourth-order valence-electron chi connectivity index (χ4n) is 2.10. The van der Waals surface area contributed by atoms with Gasteiger partial charge in [0.15, 0.2) is 0 Å². The Morgan fingerprint density at radius 2 is 1.92 bits per heavy atom. The van der Waals surface area contributed by atoms with Crippen molar-refractivity contribution in [2.75, 3.05) is 19.4 Å². The first-order valence-corrected chi connectivity index (χ1v) is 7.07. The summed E-state index contributed by atoms with van der Waals surface area (Å²) in [5, 5.41) is 11.4. The van der Waals surface area contributed by atoms with Gasteiger partial charge < -0.3 is 14.8 Å². The molecule has 24 heavy (non-hydrogen) atoms. The van der Waals surface area contributed by atoms with Gasteiger partial charge in [-0.25, -0.2) is 0 Å². The van der Waals surface area contributed by atoms with E-state index >= 15 is 0 Å². The van der Waals surface area contributed by atoms with Crippen LogP contribution in [-0.2, 0) is 7.05 Å². The van der Waals surface area contributed by atoms with Crippen molar-refractivity contribution in [3.05, 3.63) is 63.6 Å². The van der Waals surface area contributed by atoms with E-state index < -0.39 is 11.5 Å². The molecule has 0 aliphatic carbocycles. The lowest BCUT2D eigenvalue weighted by Gasteiger charge is -2.13. The Balaban J connectivity index is 2.38. The number of nitrogens with one attached hydrogen (secondary N) is 1. The predicted octanol–water partition coefficient (Wildman–Crippen LogP) is 1.21. The molecule has 7 nitrogen and oxygen atoms in total. The minimum absolute atomic E-state index is 0.00226. The number of amides is 2. The summed E-state index contributed by atoms with van der Waals surface area (Å²) in [6, 6.07) is 9.41. The monoisotopic (exact) mass is 324 g/mol. The Bertz CT molecular complexity index is 907. The normalized spacial score (nSPS) is 9.92. The van der Waals surface area contributed by atoms with Crippen LogP contribution >= 0.6 is 0 Å². The van der Waals surface area contributed by atoms with Crippen LogP contribution < -0.4 is 10.9 Å². The quantitative estimate of drug-likeness (QED) is 0.918. The van der Waals surface area contributed by atoms with E-state index in [1.807, 2.05) is 6.07 Å². The zero-order valence-corrected chi connectivity index (χ0v) is 13.5. The van der Waals surface area contributed by atoms with E-state index in [0.717, 1.165) is 0 Å². The average Bonchev–Trinajstić information content (AvgIpc) is 2.57. The van der Waals surface area contributed by atoms with E-state index in [-0.39, 0.29) is 22.7 Å². The van der Waals surface area contributed by atoms with Gasteiger partial charge in [0.2, 0.25) is 0 Å². The first-order valence-electron chi connectivity index (χ1n) is 7.07. The van der Waals surface area contributed by atoms with Gasteiger partial charge in [-0.05, 0) is 24.3 Å². The molecule has 122 valence electrons. The molecule has 0 saturated carbocycles. The summed E-state index contributed by atoms with van der Waals surface area (Å²) >= 11 is 0. The Hall–Kier alpha value is -3.40. The van der Waals surface area contributed by atoms with Gasteiger partial charge >= 0.3 is 0 Å². The maximum absolute atomic E-state index is 12.3. The molecule has 0 aliphatic heterocycles. The number of nitriles is 1. The third-order valence-electron chi connectivity index (χ3n) is 3.34. The van der Waals surface area contributed by atoms with Crippen molar-refractivity contribution < 1.29 is 9.59 Å². The highest BCUT2D eigenvalue weighted by atomic mass is 16.2. The summed E-state index contributed by atoms with van der Waals surface area (Å²) in [6.45, 7) is 0. The molecule has 1 aromatic carbocycles. The van der Waals surface area contributed by atoms with Crippen LogP contribution in [0.4, 0.5) is 5.69 Å². The fourth-order valence-corrected chi connectivity index (χ4v) is 2.10. The first kappa shape index (κ1) is 17.0. The fraction of sp³-hybridized carbons (Fsp3) is 0.176. The summed E-state index contributed by atoms with van der Waals surface area (Å²) < 4.78 is 1.23. The second-order valence-corrected chi connectivity index (χ2v) is 5.40. The topological polar surface area (TPSA) is 95.2 Å². The van der Waals surface area contributed by atoms with E-state index in [1.165, 1.54) is 40.9 Å². The van der Waals surface area contributed by atoms with E-state index in [1.54, 1.807) is 26.2 Å². The molecule has 0 aliphatic rings. The lowest BCUT2D eigenvalue weighted by Crippen LogP contribution is -2.28. The Morgan fingerprint density at radius 1 is 1.21 bits per heavy atom. The number of aromatic nitrogens is 1. The van der Waals surface area contributed by atoms with Crippen LogP contribution in [0.2, 0.25) is 0 Å². The van der Waals surface area contributed by atoms with Crippen molar-refractivity contribution in [1.82, 2.24) is 9.47 Å². The number of hydrogen-bond donors (Lipinski definition) is 1. The van der Waals surface area contributed by atoms with E-state index in [9.17, 15) is 14.4 Å². The van der Waals surface area contributed by atoms with E-state index in [2.05, 4.69) is 5.32 Å². The van der Waals surface area contributed by atoms with Crippen molar-refractivity contribution in [3.63, 3.8) is 0 Å². The molecular formula is C17H16N4O3. The van der Waals surface area contributed by atoms with Crippen LogP contribution in [-0.4, -0.2) is 35.4 Å². The van der Waals surface area contributed by atoms with Crippen LogP contribution in [0.5, 0.6) is 0 Å². The van der Waals surface area contributed by atoms with Gasteiger partial charge in [0.05, 0.1) is 17.2 Å². The number of aryl methyl sites for hydroxylation is 1. The lowest BCUT2D eigenvalue weighted by molar-refractivity contribution is 0.0826. The van der Waals surface area contributed by atoms with Crippen LogP contribution in [0.1, 0.15) is 26.3 Å². The molecule has 0 radical (unpaired) electrons. The van der Waals surface area contributed by atoms with Gasteiger partial charge in [-0.15, -0.1) is 0 Å². The summed E-state index contributed by atoms with van der Waals surface area (Å²) in [4.78, 5) is 37.9. The lowest BCUT2D eigenvalue weighted by atomic mass is 10.1. The highest BCUT2D eigenvalue weighted by molar-refractivity contribution is 6.05. The second kappa shape index (κ2) is 6.79. The van der Waals surface area contributed by atoms with E-state index in [4.69, 9.17) is 5.26 Å². The smallest absolute Gasteiger partial charge is 0.274 e. The van der Waals surface area contributed by atoms with Crippen molar-refractivity contribution in [3.8, 4) is 6.07 Å². The Morgan fingerprint density at radius 3 is 2.54 bits per heavy atom. The minimum Gasteiger partial charge on any atom is -0.345 e. The largest absolute Gasteiger partial charge is 0.345 e. The molecule has 2 amide bonds. The number of anilines is 1. The van der Waals surface area contributed by atoms with Crippen LogP contribution in [0.3, 0.4) is 0 Å². The molecule has 0 unspecified atom stereocenters. The Kier molecular flexibility index (Phi) is 4.80. The number of carbonyl (C=O) groups is 2. The molecule has 0 bridgehead atoms. The highest BCUT2D eigenvalue weighted by Crippen LogP contribution is 2.10. The third kappa shape index (κ3) is 3.50. The molecule has 2 rings (SSSR count). The average molecular weight is 324 g/mol. The number of benzene rings is 1. The molecule has 1 aromatic heterocycles. The van der Waals surface area contributed by atoms with Gasteiger partial charge in [0, 0.05) is 32.9 Å². The summed E-state index contributed by atoms with van der Waals surface area (Å²) in [5.41, 5.74) is 0.434. The summed E-state index contributed by atoms with van der Waals surface area (Å²) in [7, 11) is 4.69. The standard InChI is InChI=1S/C17H16N4O3/c1-20(2)16(23)13-8-14(17(24)21(3)10-13)19-15(22)12-6-4-5-11(7-12)9-18/h4-8,10H,1-3H3,(H,19,22). The first-order chi connectivity index (χ1) is 11.3. The third-order valence-corrected chi connectivity index (χ3v) is 3.34. The molecule has 1 heterocycles. The molecule has 0 atom stereocenters. The number of nitrogens with zero attached hydrogens (tertiary/aromatic N) is 3. The summed E-state index contributed by atoms with van der Waals surface area (Å²) in [5.74, 6) is -0.814. The molecule has 0 fully saturated rings. The van der Waals surface area contributed by atoms with Crippen LogP contribution in [0, 0.1) is 11.3 Å². The zero-order chi connectivity index (χ0) is 17.9. The maximum Gasteiger partial charge on any atom is 0.274 e. The van der Waals surface area contributed by atoms with Crippen molar-refractivity contribution in [2.24, 2.45) is 7.05 Å². The van der Waals surface area contributed by atoms with Gasteiger partial charge in [-0.1, -0.05) is 6.07 Å². The Labute approximate surface area is 138 Å². The second-order valence-electron chi connectivity index (χ2n) is 5.40. The molecule has 7 heteroatoms. The molecule has 0 spiro atoms. The van der Waals surface area contributed by atoms with Gasteiger partial charge in [-0.3, -0.25) is 14.4 Å². The van der Waals surface area contributed by atoms with Crippen LogP contribution in [0.25, 0.3) is 0 Å². The SMILES string of the molecule is CN(C)C(=O)c1cc(NC(=O)c2cccc(C#N)c2)c(=O)n(C)c1. The van der Waals surface area contributed by atoms with Crippen molar-refractivity contribution in [1.29, 1.82) is 5.26 Å². The number of rotatable bonds is 3. The maximum atomic E-state index is 12.3. The predicted molar refractivity (Wildman–Crippen MR) is 88.8 cm³/mol. The number of hydrogen-bond acceptors (Lipinski definition) is 4. The van der Waals surface area contributed by atoms with Crippen molar-refractivity contribution in [2.45, 2.75) is 0 Å². The zero-order valence-electron chi connectivity index (χ0n) is 13.5. The molecule has 0 saturated heterocycles. The van der Waals surface area contributed by atoms with E-state index in [0.29, 0.717) is 5.56 Å². The number of carbonyl (C=O) groups excluding carboxylic acids is 2. The van der Waals surface area contributed by atoms with Crippen LogP contribution in [0.15, 0.2) is 41.3 Å².